The van der Waals surface area contributed by atoms with Crippen LogP contribution < -0.4 is 10.3 Å². The van der Waals surface area contributed by atoms with Crippen molar-refractivity contribution in [3.05, 3.63) is 56.3 Å². The molecule has 0 atom stereocenters. The Bertz CT molecular complexity index is 637. The molecule has 0 unspecified atom stereocenters. The van der Waals surface area contributed by atoms with Gasteiger partial charge in [-0.2, -0.15) is 0 Å². The van der Waals surface area contributed by atoms with E-state index in [0.29, 0.717) is 9.26 Å². The van der Waals surface area contributed by atoms with Crippen molar-refractivity contribution in [1.29, 1.82) is 0 Å². The van der Waals surface area contributed by atoms with Crippen molar-refractivity contribution in [2.75, 3.05) is 0 Å². The second-order valence-corrected chi connectivity index (χ2v) is 4.52. The Kier molecular flexibility index (Phi) is 3.75. The number of rotatable bonds is 3. The van der Waals surface area contributed by atoms with E-state index in [1.807, 2.05) is 22.6 Å². The minimum Gasteiger partial charge on any atom is -0.422 e. The van der Waals surface area contributed by atoms with Gasteiger partial charge in [0.05, 0.1) is 3.57 Å². The first-order chi connectivity index (χ1) is 8.63. The molecular weight excluding hydrogens is 352 g/mol. The Labute approximate surface area is 115 Å². The minimum atomic E-state index is -0.472. The number of nitrogens with zero attached hydrogens (tertiary/aromatic N) is 1. The van der Waals surface area contributed by atoms with Crippen LogP contribution in [-0.2, 0) is 4.79 Å². The maximum atomic E-state index is 12.8. The molecule has 6 heteroatoms. The number of hydrogen-bond acceptors (Lipinski definition) is 3. The van der Waals surface area contributed by atoms with E-state index in [1.165, 1.54) is 35.0 Å². The molecule has 1 aromatic heterocycles. The Morgan fingerprint density at radius 2 is 1.89 bits per heavy atom. The molecule has 92 valence electrons. The first-order valence-electron chi connectivity index (χ1n) is 4.91. The second kappa shape index (κ2) is 5.30. The van der Waals surface area contributed by atoms with Gasteiger partial charge in [-0.3, -0.25) is 14.2 Å². The number of pyridine rings is 1. The van der Waals surface area contributed by atoms with Gasteiger partial charge in [0, 0.05) is 11.9 Å². The molecule has 0 aliphatic carbocycles. The first-order valence-corrected chi connectivity index (χ1v) is 5.99. The Hall–Kier alpha value is -1.70. The summed E-state index contributed by atoms with van der Waals surface area (Å²) in [5.41, 5.74) is 0.0224. The number of aromatic nitrogens is 1. The molecule has 1 aromatic carbocycles. The maximum Gasteiger partial charge on any atom is 0.299 e. The Balaban J connectivity index is 2.59. The van der Waals surface area contributed by atoms with E-state index in [1.54, 1.807) is 6.07 Å². The third-order valence-corrected chi connectivity index (χ3v) is 3.12. The highest BCUT2D eigenvalue weighted by Gasteiger charge is 2.10. The van der Waals surface area contributed by atoms with Crippen molar-refractivity contribution >= 4 is 29.1 Å². The summed E-state index contributed by atoms with van der Waals surface area (Å²) >= 11 is 1.89. The molecule has 4 nitrogen and oxygen atoms in total. The molecule has 0 amide bonds. The fourth-order valence-corrected chi connectivity index (χ4v) is 1.97. The van der Waals surface area contributed by atoms with Crippen LogP contribution in [0.15, 0.2) is 41.3 Å². The van der Waals surface area contributed by atoms with Crippen molar-refractivity contribution < 1.29 is 13.9 Å². The summed E-state index contributed by atoms with van der Waals surface area (Å²) in [4.78, 5) is 22.4. The number of benzene rings is 1. The van der Waals surface area contributed by atoms with Gasteiger partial charge in [-0.1, -0.05) is 0 Å². The lowest BCUT2D eigenvalue weighted by atomic mass is 10.3. The van der Waals surface area contributed by atoms with Crippen LogP contribution >= 0.6 is 22.6 Å². The van der Waals surface area contributed by atoms with E-state index < -0.39 is 5.56 Å². The molecule has 18 heavy (non-hydrogen) atoms. The highest BCUT2D eigenvalue weighted by molar-refractivity contribution is 14.1. The lowest BCUT2D eigenvalue weighted by Gasteiger charge is -2.08. The second-order valence-electron chi connectivity index (χ2n) is 3.36. The lowest BCUT2D eigenvalue weighted by Crippen LogP contribution is -2.20. The third-order valence-electron chi connectivity index (χ3n) is 2.27. The first kappa shape index (κ1) is 12.7. The zero-order valence-corrected chi connectivity index (χ0v) is 11.1. The minimum absolute atomic E-state index is 0.0441. The summed E-state index contributed by atoms with van der Waals surface area (Å²) in [6, 6.07) is 7.06. The number of carbonyl (C=O) groups excluding carboxylic acids is 1. The fraction of sp³-hybridized carbons (Fsp3) is 0. The van der Waals surface area contributed by atoms with Crippen LogP contribution in [0.1, 0.15) is 0 Å². The summed E-state index contributed by atoms with van der Waals surface area (Å²) in [7, 11) is 0. The van der Waals surface area contributed by atoms with Gasteiger partial charge >= 0.3 is 0 Å². The molecule has 0 saturated carbocycles. The van der Waals surface area contributed by atoms with Gasteiger partial charge in [0.2, 0.25) is 5.75 Å². The molecule has 0 saturated heterocycles. The normalized spacial score (nSPS) is 10.1. The van der Waals surface area contributed by atoms with Crippen LogP contribution in [-0.4, -0.2) is 11.0 Å². The molecule has 0 radical (unpaired) electrons. The molecule has 0 spiro atoms. The Morgan fingerprint density at radius 3 is 2.50 bits per heavy atom. The molecule has 0 bridgehead atoms. The van der Waals surface area contributed by atoms with Gasteiger partial charge < -0.3 is 4.74 Å². The van der Waals surface area contributed by atoms with Crippen molar-refractivity contribution in [2.45, 2.75) is 0 Å². The standard InChI is InChI=1S/C12H7FINO3/c13-8-1-3-9(4-2-8)15-6-5-10(14)11(12(15)17)18-7-16/h1-7H. The number of halogens is 2. The molecule has 1 heterocycles. The zero-order chi connectivity index (χ0) is 13.1. The maximum absolute atomic E-state index is 12.8. The summed E-state index contributed by atoms with van der Waals surface area (Å²) in [6.07, 6.45) is 1.54. The molecule has 2 rings (SSSR count). The highest BCUT2D eigenvalue weighted by Crippen LogP contribution is 2.16. The summed E-state index contributed by atoms with van der Waals surface area (Å²) < 4.78 is 19.3. The SMILES string of the molecule is O=COc1c(I)ccn(-c2ccc(F)cc2)c1=O. The highest BCUT2D eigenvalue weighted by atomic mass is 127. The van der Waals surface area contributed by atoms with E-state index >= 15 is 0 Å². The van der Waals surface area contributed by atoms with E-state index in [4.69, 9.17) is 0 Å². The topological polar surface area (TPSA) is 48.3 Å². The third kappa shape index (κ3) is 2.42. The number of hydrogen-bond donors (Lipinski definition) is 0. The monoisotopic (exact) mass is 359 g/mol. The van der Waals surface area contributed by atoms with E-state index in [2.05, 4.69) is 4.74 Å². The van der Waals surface area contributed by atoms with Crippen molar-refractivity contribution in [2.24, 2.45) is 0 Å². The fourth-order valence-electron chi connectivity index (χ4n) is 1.45. The predicted octanol–water partition coefficient (Wildman–Crippen LogP) is 2.12. The van der Waals surface area contributed by atoms with Crippen molar-refractivity contribution in [3.8, 4) is 11.4 Å². The van der Waals surface area contributed by atoms with Crippen LogP contribution in [0.5, 0.6) is 5.75 Å². The van der Waals surface area contributed by atoms with Gasteiger partial charge in [-0.15, -0.1) is 0 Å². The molecule has 0 aliphatic rings. The number of ether oxygens (including phenoxy) is 1. The molecule has 0 fully saturated rings. The van der Waals surface area contributed by atoms with Crippen LogP contribution in [0.25, 0.3) is 5.69 Å². The van der Waals surface area contributed by atoms with E-state index in [-0.39, 0.29) is 18.0 Å². The smallest absolute Gasteiger partial charge is 0.299 e. The van der Waals surface area contributed by atoms with Gasteiger partial charge in [0.15, 0.2) is 0 Å². The predicted molar refractivity (Wildman–Crippen MR) is 71.4 cm³/mol. The lowest BCUT2D eigenvalue weighted by molar-refractivity contribution is -0.120. The van der Waals surface area contributed by atoms with E-state index in [0.717, 1.165) is 0 Å². The van der Waals surface area contributed by atoms with Crippen LogP contribution in [0, 0.1) is 9.39 Å². The summed E-state index contributed by atoms with van der Waals surface area (Å²) in [6.45, 7) is 0.202. The van der Waals surface area contributed by atoms with Crippen LogP contribution in [0.4, 0.5) is 4.39 Å². The average molecular weight is 359 g/mol. The van der Waals surface area contributed by atoms with Gasteiger partial charge in [0.25, 0.3) is 12.0 Å². The van der Waals surface area contributed by atoms with Gasteiger partial charge in [-0.05, 0) is 52.9 Å². The van der Waals surface area contributed by atoms with Crippen LogP contribution in [0.2, 0.25) is 0 Å². The Morgan fingerprint density at radius 1 is 1.22 bits per heavy atom. The molecule has 0 N–H and O–H groups in total. The molecule has 0 aliphatic heterocycles. The average Bonchev–Trinajstić information content (AvgIpc) is 2.36. The summed E-state index contributed by atoms with van der Waals surface area (Å²) in [5, 5.41) is 0. The van der Waals surface area contributed by atoms with Gasteiger partial charge in [-0.25, -0.2) is 4.39 Å². The molecular formula is C12H7FINO3. The number of carbonyl (C=O) groups is 1. The van der Waals surface area contributed by atoms with Crippen LogP contribution in [0.3, 0.4) is 0 Å². The van der Waals surface area contributed by atoms with Gasteiger partial charge in [0.1, 0.15) is 5.82 Å². The van der Waals surface area contributed by atoms with E-state index in [9.17, 15) is 14.0 Å². The zero-order valence-electron chi connectivity index (χ0n) is 8.97. The summed E-state index contributed by atoms with van der Waals surface area (Å²) in [5.74, 6) is -0.431. The largest absolute Gasteiger partial charge is 0.422 e. The molecule has 2 aromatic rings. The van der Waals surface area contributed by atoms with Crippen molar-refractivity contribution in [3.63, 3.8) is 0 Å². The van der Waals surface area contributed by atoms with Crippen molar-refractivity contribution in [1.82, 2.24) is 4.57 Å². The quantitative estimate of drug-likeness (QED) is 0.623.